The molecule has 0 radical (unpaired) electrons. The molecule has 3 heterocycles. The van der Waals surface area contributed by atoms with E-state index in [9.17, 15) is 0 Å². The molecule has 2 saturated heterocycles. The minimum atomic E-state index is 0.783. The summed E-state index contributed by atoms with van der Waals surface area (Å²) in [5.74, 6) is 1.75. The first kappa shape index (κ1) is 15.4. The molecule has 7 heteroatoms. The molecule has 0 aromatic carbocycles. The number of aromatic nitrogens is 3. The van der Waals surface area contributed by atoms with Crippen LogP contribution in [-0.2, 0) is 0 Å². The van der Waals surface area contributed by atoms with Crippen LogP contribution in [0.2, 0.25) is 0 Å². The molecule has 0 amide bonds. The third-order valence-corrected chi connectivity index (χ3v) is 4.78. The first-order valence-corrected chi connectivity index (χ1v) is 8.44. The standard InChI is InChI=1S/C15H27N7/c1-3-19-5-9-21(10-6-19)14-13-16-18-15(17-14)22-11-7-20(4-2)8-12-22/h13H,3-12H2,1-2H3. The lowest BCUT2D eigenvalue weighted by Gasteiger charge is -2.36. The third-order valence-electron chi connectivity index (χ3n) is 4.78. The molecule has 2 aliphatic heterocycles. The summed E-state index contributed by atoms with van der Waals surface area (Å²) >= 11 is 0. The Kier molecular flexibility index (Phi) is 5.04. The Bertz CT molecular complexity index is 425. The fraction of sp³-hybridized carbons (Fsp3) is 0.800. The topological polar surface area (TPSA) is 51.6 Å². The van der Waals surface area contributed by atoms with Gasteiger partial charge >= 0.3 is 0 Å². The number of piperazine rings is 2. The zero-order valence-corrected chi connectivity index (χ0v) is 13.8. The average molecular weight is 305 g/mol. The van der Waals surface area contributed by atoms with Crippen molar-refractivity contribution in [2.75, 3.05) is 75.2 Å². The van der Waals surface area contributed by atoms with Crippen molar-refractivity contribution in [1.82, 2.24) is 25.0 Å². The minimum absolute atomic E-state index is 0.783. The zero-order chi connectivity index (χ0) is 15.4. The van der Waals surface area contributed by atoms with Crippen LogP contribution in [0.3, 0.4) is 0 Å². The van der Waals surface area contributed by atoms with Gasteiger partial charge in [-0.2, -0.15) is 10.1 Å². The van der Waals surface area contributed by atoms with Gasteiger partial charge in [-0.3, -0.25) is 0 Å². The summed E-state index contributed by atoms with van der Waals surface area (Å²) in [5.41, 5.74) is 0. The fourth-order valence-corrected chi connectivity index (χ4v) is 3.13. The van der Waals surface area contributed by atoms with E-state index in [2.05, 4.69) is 43.6 Å². The molecule has 22 heavy (non-hydrogen) atoms. The summed E-state index contributed by atoms with van der Waals surface area (Å²) in [7, 11) is 0. The summed E-state index contributed by atoms with van der Waals surface area (Å²) < 4.78 is 0. The highest BCUT2D eigenvalue weighted by molar-refractivity contribution is 5.42. The van der Waals surface area contributed by atoms with Crippen molar-refractivity contribution in [3.63, 3.8) is 0 Å². The second-order valence-electron chi connectivity index (χ2n) is 5.96. The molecule has 0 unspecified atom stereocenters. The smallest absolute Gasteiger partial charge is 0.247 e. The Morgan fingerprint density at radius 1 is 0.818 bits per heavy atom. The average Bonchev–Trinajstić information content (AvgIpc) is 2.62. The first-order chi connectivity index (χ1) is 10.8. The van der Waals surface area contributed by atoms with Crippen LogP contribution in [0, 0.1) is 0 Å². The van der Waals surface area contributed by atoms with Crippen molar-refractivity contribution in [3.05, 3.63) is 6.20 Å². The van der Waals surface area contributed by atoms with E-state index < -0.39 is 0 Å². The summed E-state index contributed by atoms with van der Waals surface area (Å²) in [6.07, 6.45) is 1.80. The van der Waals surface area contributed by atoms with Gasteiger partial charge in [-0.25, -0.2) is 0 Å². The maximum absolute atomic E-state index is 4.76. The highest BCUT2D eigenvalue weighted by Crippen LogP contribution is 2.16. The van der Waals surface area contributed by atoms with Crippen LogP contribution in [0.25, 0.3) is 0 Å². The van der Waals surface area contributed by atoms with E-state index in [1.165, 1.54) is 0 Å². The molecule has 3 rings (SSSR count). The van der Waals surface area contributed by atoms with Gasteiger partial charge < -0.3 is 19.6 Å². The van der Waals surface area contributed by atoms with E-state index in [4.69, 9.17) is 4.98 Å². The second-order valence-corrected chi connectivity index (χ2v) is 5.96. The molecule has 1 aromatic heterocycles. The minimum Gasteiger partial charge on any atom is -0.353 e. The highest BCUT2D eigenvalue weighted by atomic mass is 15.4. The van der Waals surface area contributed by atoms with Crippen LogP contribution in [-0.4, -0.2) is 90.4 Å². The van der Waals surface area contributed by atoms with Gasteiger partial charge in [0.15, 0.2) is 5.82 Å². The Morgan fingerprint density at radius 3 is 1.91 bits per heavy atom. The summed E-state index contributed by atoms with van der Waals surface area (Å²) in [6.45, 7) is 15.1. The Labute approximate surface area is 132 Å². The van der Waals surface area contributed by atoms with Crippen molar-refractivity contribution in [1.29, 1.82) is 0 Å². The van der Waals surface area contributed by atoms with Crippen LogP contribution >= 0.6 is 0 Å². The largest absolute Gasteiger partial charge is 0.353 e. The number of likely N-dealkylation sites (N-methyl/N-ethyl adjacent to an activating group) is 2. The number of anilines is 2. The van der Waals surface area contributed by atoms with Crippen LogP contribution in [0.4, 0.5) is 11.8 Å². The summed E-state index contributed by atoms with van der Waals surface area (Å²) in [5, 5.41) is 8.44. The molecule has 2 aliphatic rings. The normalized spacial score (nSPS) is 21.4. The summed E-state index contributed by atoms with van der Waals surface area (Å²) in [6, 6.07) is 0. The molecule has 0 atom stereocenters. The van der Waals surface area contributed by atoms with E-state index in [-0.39, 0.29) is 0 Å². The van der Waals surface area contributed by atoms with Gasteiger partial charge in [-0.1, -0.05) is 13.8 Å². The van der Waals surface area contributed by atoms with Crippen LogP contribution in [0.5, 0.6) is 0 Å². The Morgan fingerprint density at radius 2 is 1.36 bits per heavy atom. The lowest BCUT2D eigenvalue weighted by atomic mass is 10.3. The maximum Gasteiger partial charge on any atom is 0.247 e. The molecule has 2 fully saturated rings. The van der Waals surface area contributed by atoms with E-state index in [1.807, 2.05) is 0 Å². The molecule has 0 bridgehead atoms. The van der Waals surface area contributed by atoms with Crippen LogP contribution in [0.1, 0.15) is 13.8 Å². The molecule has 0 N–H and O–H groups in total. The molecular weight excluding hydrogens is 278 g/mol. The molecule has 0 saturated carbocycles. The monoisotopic (exact) mass is 305 g/mol. The molecule has 122 valence electrons. The number of rotatable bonds is 4. The van der Waals surface area contributed by atoms with E-state index in [1.54, 1.807) is 6.20 Å². The van der Waals surface area contributed by atoms with Gasteiger partial charge in [0.2, 0.25) is 5.95 Å². The van der Waals surface area contributed by atoms with Crippen LogP contribution in [0.15, 0.2) is 6.20 Å². The Hall–Kier alpha value is -1.47. The highest BCUT2D eigenvalue weighted by Gasteiger charge is 2.21. The van der Waals surface area contributed by atoms with E-state index in [0.29, 0.717) is 0 Å². The lowest BCUT2D eigenvalue weighted by molar-refractivity contribution is 0.268. The lowest BCUT2D eigenvalue weighted by Crippen LogP contribution is -2.48. The second kappa shape index (κ2) is 7.19. The number of nitrogens with zero attached hydrogens (tertiary/aromatic N) is 7. The first-order valence-electron chi connectivity index (χ1n) is 8.44. The zero-order valence-electron chi connectivity index (χ0n) is 13.8. The van der Waals surface area contributed by atoms with Crippen molar-refractivity contribution in [3.8, 4) is 0 Å². The quantitative estimate of drug-likeness (QED) is 0.785. The number of hydrogen-bond donors (Lipinski definition) is 0. The molecule has 7 nitrogen and oxygen atoms in total. The molecule has 0 aliphatic carbocycles. The van der Waals surface area contributed by atoms with Gasteiger partial charge in [0.1, 0.15) is 0 Å². The summed E-state index contributed by atoms with van der Waals surface area (Å²) in [4.78, 5) is 14.3. The van der Waals surface area contributed by atoms with E-state index in [0.717, 1.165) is 77.2 Å². The van der Waals surface area contributed by atoms with Gasteiger partial charge in [0, 0.05) is 52.4 Å². The number of hydrogen-bond acceptors (Lipinski definition) is 7. The Balaban J connectivity index is 1.63. The fourth-order valence-electron chi connectivity index (χ4n) is 3.13. The predicted molar refractivity (Wildman–Crippen MR) is 88.5 cm³/mol. The van der Waals surface area contributed by atoms with Gasteiger partial charge in [0.05, 0.1) is 6.20 Å². The third kappa shape index (κ3) is 3.47. The van der Waals surface area contributed by atoms with Gasteiger partial charge in [-0.15, -0.1) is 5.10 Å². The van der Waals surface area contributed by atoms with Crippen molar-refractivity contribution < 1.29 is 0 Å². The van der Waals surface area contributed by atoms with Crippen molar-refractivity contribution in [2.45, 2.75) is 13.8 Å². The van der Waals surface area contributed by atoms with E-state index >= 15 is 0 Å². The van der Waals surface area contributed by atoms with Crippen molar-refractivity contribution in [2.24, 2.45) is 0 Å². The van der Waals surface area contributed by atoms with Gasteiger partial charge in [0.25, 0.3) is 0 Å². The molecule has 0 spiro atoms. The SMILES string of the molecule is CCN1CCN(c2cnnc(N3CCN(CC)CC3)n2)CC1. The van der Waals surface area contributed by atoms with Crippen molar-refractivity contribution >= 4 is 11.8 Å². The predicted octanol–water partition coefficient (Wildman–Crippen LogP) is 0.155. The van der Waals surface area contributed by atoms with Gasteiger partial charge in [-0.05, 0) is 13.1 Å². The molecule has 1 aromatic rings. The maximum atomic E-state index is 4.76. The van der Waals surface area contributed by atoms with Crippen LogP contribution < -0.4 is 9.80 Å². The molecular formula is C15H27N7.